The highest BCUT2D eigenvalue weighted by Gasteiger charge is 2.17. The molecular weight excluding hydrogens is 258 g/mol. The van der Waals surface area contributed by atoms with E-state index in [2.05, 4.69) is 15.9 Å². The zero-order valence-corrected chi connectivity index (χ0v) is 9.63. The average Bonchev–Trinajstić information content (AvgIpc) is 2.28. The summed E-state index contributed by atoms with van der Waals surface area (Å²) in [4.78, 5) is 0. The van der Waals surface area contributed by atoms with Gasteiger partial charge in [-0.3, -0.25) is 0 Å². The smallest absolute Gasteiger partial charge is 0.236 e. The van der Waals surface area contributed by atoms with Crippen molar-refractivity contribution in [2.75, 3.05) is 6.26 Å². The Morgan fingerprint density at radius 1 is 1.54 bits per heavy atom. The van der Waals surface area contributed by atoms with Gasteiger partial charge < -0.3 is 5.11 Å². The Hall–Kier alpha value is -0.330. The first kappa shape index (κ1) is 10.7. The highest BCUT2D eigenvalue weighted by atomic mass is 79.9. The monoisotopic (exact) mass is 267 g/mol. The van der Waals surface area contributed by atoms with E-state index in [0.717, 1.165) is 10.2 Å². The summed E-state index contributed by atoms with van der Waals surface area (Å²) >= 11 is 3.09. The summed E-state index contributed by atoms with van der Waals surface area (Å²) in [5, 5.41) is 9.28. The third kappa shape index (κ3) is 2.12. The molecule has 1 rings (SSSR count). The van der Waals surface area contributed by atoms with Gasteiger partial charge in [0.15, 0.2) is 0 Å². The number of halogens is 1. The Morgan fingerprint density at radius 3 is 2.38 bits per heavy atom. The van der Waals surface area contributed by atoms with Crippen LogP contribution in [0.4, 0.5) is 0 Å². The van der Waals surface area contributed by atoms with Crippen LogP contribution >= 0.6 is 15.9 Å². The van der Waals surface area contributed by atoms with E-state index >= 15 is 0 Å². The molecule has 1 N–H and O–H groups in total. The van der Waals surface area contributed by atoms with Crippen molar-refractivity contribution < 1.29 is 13.5 Å². The van der Waals surface area contributed by atoms with Crippen molar-refractivity contribution in [1.82, 2.24) is 3.97 Å². The molecule has 0 radical (unpaired) electrons. The molecule has 13 heavy (non-hydrogen) atoms. The lowest BCUT2D eigenvalue weighted by molar-refractivity contribution is 0.193. The lowest BCUT2D eigenvalue weighted by atomic mass is 10.3. The second kappa shape index (κ2) is 3.43. The van der Waals surface area contributed by atoms with Crippen molar-refractivity contribution in [3.05, 3.63) is 22.4 Å². The lowest BCUT2D eigenvalue weighted by Gasteiger charge is -2.09. The fourth-order valence-corrected chi connectivity index (χ4v) is 3.17. The van der Waals surface area contributed by atoms with E-state index in [0.29, 0.717) is 10.3 Å². The Bertz CT molecular complexity index is 407. The molecule has 0 aliphatic carbocycles. The molecule has 0 aromatic carbocycles. The van der Waals surface area contributed by atoms with Crippen LogP contribution in [0.2, 0.25) is 0 Å². The SMILES string of the molecule is CC(O)c1ccc(Br)n1S(C)(=O)=O. The zero-order valence-electron chi connectivity index (χ0n) is 7.23. The van der Waals surface area contributed by atoms with Crippen molar-refractivity contribution >= 4 is 26.0 Å². The van der Waals surface area contributed by atoms with Crippen molar-refractivity contribution in [2.24, 2.45) is 0 Å². The first-order valence-corrected chi connectivity index (χ1v) is 6.24. The van der Waals surface area contributed by atoms with E-state index in [4.69, 9.17) is 0 Å². The molecule has 1 atom stereocenters. The van der Waals surface area contributed by atoms with Crippen LogP contribution in [0.3, 0.4) is 0 Å². The number of aliphatic hydroxyl groups is 1. The van der Waals surface area contributed by atoms with Gasteiger partial charge in [-0.15, -0.1) is 0 Å². The number of nitrogens with zero attached hydrogens (tertiary/aromatic N) is 1. The van der Waals surface area contributed by atoms with Crippen LogP contribution in [0, 0.1) is 0 Å². The van der Waals surface area contributed by atoms with Gasteiger partial charge in [-0.2, -0.15) is 0 Å². The lowest BCUT2D eigenvalue weighted by Crippen LogP contribution is -2.14. The van der Waals surface area contributed by atoms with Gasteiger partial charge in [0.05, 0.1) is 22.7 Å². The molecule has 0 fully saturated rings. The summed E-state index contributed by atoms with van der Waals surface area (Å²) in [6.45, 7) is 1.52. The van der Waals surface area contributed by atoms with Crippen molar-refractivity contribution in [1.29, 1.82) is 0 Å². The van der Waals surface area contributed by atoms with Gasteiger partial charge in [0.2, 0.25) is 10.0 Å². The minimum Gasteiger partial charge on any atom is -0.387 e. The Morgan fingerprint density at radius 2 is 2.08 bits per heavy atom. The summed E-state index contributed by atoms with van der Waals surface area (Å²) in [6.07, 6.45) is 0.282. The second-order valence-corrected chi connectivity index (χ2v) is 5.43. The van der Waals surface area contributed by atoms with Crippen LogP contribution in [-0.4, -0.2) is 23.8 Å². The van der Waals surface area contributed by atoms with Crippen molar-refractivity contribution in [3.8, 4) is 0 Å². The van der Waals surface area contributed by atoms with E-state index in [9.17, 15) is 13.5 Å². The number of hydrogen-bond donors (Lipinski definition) is 1. The fourth-order valence-electron chi connectivity index (χ4n) is 1.07. The minimum absolute atomic E-state index is 0.356. The summed E-state index contributed by atoms with van der Waals surface area (Å²) in [5.41, 5.74) is 0.356. The molecule has 74 valence electrons. The molecule has 0 saturated carbocycles. The number of aliphatic hydroxyl groups excluding tert-OH is 1. The molecular formula is C7H10BrNO3S. The maximum absolute atomic E-state index is 11.3. The van der Waals surface area contributed by atoms with Gasteiger partial charge in [0, 0.05) is 0 Å². The number of hydrogen-bond acceptors (Lipinski definition) is 3. The van der Waals surface area contributed by atoms with E-state index in [1.54, 1.807) is 12.1 Å². The predicted octanol–water partition coefficient (Wildman–Crippen LogP) is 1.11. The van der Waals surface area contributed by atoms with Crippen LogP contribution in [0.15, 0.2) is 16.7 Å². The molecule has 0 amide bonds. The molecule has 4 nitrogen and oxygen atoms in total. The fraction of sp³-hybridized carbons (Fsp3) is 0.429. The zero-order chi connectivity index (χ0) is 10.2. The summed E-state index contributed by atoms with van der Waals surface area (Å²) in [7, 11) is -3.36. The summed E-state index contributed by atoms with van der Waals surface area (Å²) in [5.74, 6) is 0. The third-order valence-electron chi connectivity index (χ3n) is 1.58. The normalized spacial score (nSPS) is 14.5. The van der Waals surface area contributed by atoms with Crippen LogP contribution in [-0.2, 0) is 10.0 Å². The standard InChI is InChI=1S/C7H10BrNO3S/c1-5(10)6-3-4-7(8)9(6)13(2,11)12/h3-5,10H,1-2H3. The van der Waals surface area contributed by atoms with Crippen LogP contribution in [0.5, 0.6) is 0 Å². The van der Waals surface area contributed by atoms with E-state index < -0.39 is 16.1 Å². The maximum Gasteiger partial charge on any atom is 0.236 e. The number of aromatic nitrogens is 1. The van der Waals surface area contributed by atoms with Gasteiger partial charge in [0.25, 0.3) is 0 Å². The molecule has 0 spiro atoms. The molecule has 1 unspecified atom stereocenters. The highest BCUT2D eigenvalue weighted by Crippen LogP contribution is 2.22. The van der Waals surface area contributed by atoms with E-state index in [1.165, 1.54) is 6.92 Å². The van der Waals surface area contributed by atoms with E-state index in [-0.39, 0.29) is 0 Å². The summed E-state index contributed by atoms with van der Waals surface area (Å²) < 4.78 is 24.0. The molecule has 0 aliphatic rings. The molecule has 6 heteroatoms. The Labute approximate surface area is 85.4 Å². The van der Waals surface area contributed by atoms with Gasteiger partial charge in [-0.05, 0) is 35.0 Å². The molecule has 1 aromatic heterocycles. The first-order valence-electron chi connectivity index (χ1n) is 3.60. The maximum atomic E-state index is 11.3. The molecule has 0 bridgehead atoms. The van der Waals surface area contributed by atoms with Gasteiger partial charge >= 0.3 is 0 Å². The van der Waals surface area contributed by atoms with E-state index in [1.807, 2.05) is 0 Å². The molecule has 1 aromatic rings. The Kier molecular flexibility index (Phi) is 2.84. The first-order chi connectivity index (χ1) is 5.84. The quantitative estimate of drug-likeness (QED) is 0.874. The topological polar surface area (TPSA) is 59.3 Å². The van der Waals surface area contributed by atoms with Crippen molar-refractivity contribution in [2.45, 2.75) is 13.0 Å². The summed E-state index contributed by atoms with van der Waals surface area (Å²) in [6, 6.07) is 3.15. The molecule has 0 saturated heterocycles. The van der Waals surface area contributed by atoms with Crippen molar-refractivity contribution in [3.63, 3.8) is 0 Å². The molecule has 0 aliphatic heterocycles. The van der Waals surface area contributed by atoms with Gasteiger partial charge in [-0.1, -0.05) is 0 Å². The average molecular weight is 268 g/mol. The van der Waals surface area contributed by atoms with Gasteiger partial charge in [0.1, 0.15) is 0 Å². The van der Waals surface area contributed by atoms with Crippen LogP contribution < -0.4 is 0 Å². The Balaban J connectivity index is 3.42. The predicted molar refractivity (Wildman–Crippen MR) is 53.0 cm³/mol. The third-order valence-corrected chi connectivity index (χ3v) is 3.50. The number of rotatable bonds is 2. The highest BCUT2D eigenvalue weighted by molar-refractivity contribution is 9.10. The minimum atomic E-state index is -3.36. The van der Waals surface area contributed by atoms with Crippen LogP contribution in [0.25, 0.3) is 0 Å². The van der Waals surface area contributed by atoms with Gasteiger partial charge in [-0.25, -0.2) is 12.4 Å². The largest absolute Gasteiger partial charge is 0.387 e. The second-order valence-electron chi connectivity index (χ2n) is 2.78. The molecule has 1 heterocycles. The van der Waals surface area contributed by atoms with Crippen LogP contribution in [0.1, 0.15) is 18.7 Å².